The first kappa shape index (κ1) is 39.1. The van der Waals surface area contributed by atoms with Gasteiger partial charge in [-0.25, -0.2) is 26.7 Å². The Morgan fingerprint density at radius 1 is 1.13 bits per heavy atom. The maximum atomic E-state index is 14.2. The lowest BCUT2D eigenvalue weighted by Crippen LogP contribution is -2.51. The predicted molar refractivity (Wildman–Crippen MR) is 189 cm³/mol. The van der Waals surface area contributed by atoms with Gasteiger partial charge in [0.05, 0.1) is 24.4 Å². The summed E-state index contributed by atoms with van der Waals surface area (Å²) >= 11 is 0. The number of nitrogens with zero attached hydrogens (tertiary/aromatic N) is 3. The highest BCUT2D eigenvalue weighted by Crippen LogP contribution is 2.42. The molecule has 1 aromatic rings. The number of unbranched alkanes of at least 4 members (excludes halogenated alkanes) is 3. The monoisotopic (exact) mass is 746 g/mol. The van der Waals surface area contributed by atoms with E-state index in [2.05, 4.69) is 11.9 Å². The molecule has 0 bridgehead atoms. The van der Waals surface area contributed by atoms with Crippen molar-refractivity contribution < 1.29 is 46.6 Å². The van der Waals surface area contributed by atoms with E-state index in [4.69, 9.17) is 9.47 Å². The summed E-state index contributed by atoms with van der Waals surface area (Å²) in [5, 5.41) is 12.7. The lowest BCUT2D eigenvalue weighted by atomic mass is 10.0. The molecule has 3 fully saturated rings. The molecule has 2 aliphatic heterocycles. The lowest BCUT2D eigenvalue weighted by Gasteiger charge is -2.29. The van der Waals surface area contributed by atoms with Crippen LogP contribution in [0.3, 0.4) is 0 Å². The van der Waals surface area contributed by atoms with Gasteiger partial charge in [0, 0.05) is 31.5 Å². The number of hydrogen-bond donors (Lipinski definition) is 2. The number of alkyl carbamates (subject to hydrolysis) is 1. The van der Waals surface area contributed by atoms with Crippen molar-refractivity contribution in [2.45, 2.75) is 121 Å². The van der Waals surface area contributed by atoms with Gasteiger partial charge in [-0.15, -0.1) is 0 Å². The number of likely N-dealkylation sites (tertiary alicyclic amines) is 1. The first-order valence-electron chi connectivity index (χ1n) is 18.0. The molecule has 52 heavy (non-hydrogen) atoms. The van der Waals surface area contributed by atoms with Crippen molar-refractivity contribution in [3.8, 4) is 0 Å². The summed E-state index contributed by atoms with van der Waals surface area (Å²) in [6.45, 7) is 8.99. The molecule has 2 N–H and O–H groups in total. The van der Waals surface area contributed by atoms with Crippen LogP contribution in [0.15, 0.2) is 42.7 Å². The number of benzene rings is 1. The Morgan fingerprint density at radius 3 is 2.52 bits per heavy atom. The van der Waals surface area contributed by atoms with Crippen LogP contribution in [0.2, 0.25) is 0 Å². The number of nitrogens with one attached hydrogen (secondary N) is 1. The molecule has 4 amide bonds. The van der Waals surface area contributed by atoms with Crippen LogP contribution in [0.5, 0.6) is 0 Å². The fraction of sp³-hybridized carbons (Fsp3) is 0.622. The molecule has 4 aliphatic rings. The highest BCUT2D eigenvalue weighted by molar-refractivity contribution is 7.90. The van der Waals surface area contributed by atoms with Gasteiger partial charge in [-0.05, 0) is 76.8 Å². The van der Waals surface area contributed by atoms with E-state index in [-0.39, 0.29) is 56.0 Å². The molecule has 1 saturated heterocycles. The highest BCUT2D eigenvalue weighted by Gasteiger charge is 2.48. The van der Waals surface area contributed by atoms with Gasteiger partial charge in [0.15, 0.2) is 0 Å². The average molecular weight is 747 g/mol. The van der Waals surface area contributed by atoms with Gasteiger partial charge in [0.1, 0.15) is 29.3 Å². The Hall–Kier alpha value is -4.14. The van der Waals surface area contributed by atoms with Gasteiger partial charge in [-0.2, -0.15) is 0 Å². The number of rotatable bonds is 14. The Kier molecular flexibility index (Phi) is 11.9. The van der Waals surface area contributed by atoms with Crippen LogP contribution in [0.25, 0.3) is 0 Å². The number of carbonyl (C=O) groups is 4. The van der Waals surface area contributed by atoms with Gasteiger partial charge in [-0.1, -0.05) is 43.7 Å². The van der Waals surface area contributed by atoms with Crippen molar-refractivity contribution >= 4 is 34.0 Å². The topological polar surface area (TPSA) is 163 Å². The molecule has 5 unspecified atom stereocenters. The third-order valence-electron chi connectivity index (χ3n) is 9.91. The fourth-order valence-electron chi connectivity index (χ4n) is 6.79. The molecule has 2 heterocycles. The second kappa shape index (κ2) is 15.8. The zero-order chi connectivity index (χ0) is 38.0. The number of carbonyl (C=O) groups excluding carboxylic acids is 4. The molecular formula is C37H51FN4O9S. The van der Waals surface area contributed by atoms with E-state index in [0.29, 0.717) is 36.8 Å². The average Bonchev–Trinajstić information content (AvgIpc) is 3.98. The Bertz CT molecular complexity index is 1690. The van der Waals surface area contributed by atoms with Crippen molar-refractivity contribution in [1.29, 1.82) is 0 Å². The van der Waals surface area contributed by atoms with E-state index >= 15 is 0 Å². The molecule has 0 aromatic heterocycles. The summed E-state index contributed by atoms with van der Waals surface area (Å²) in [6.07, 6.45) is 6.83. The normalized spacial score (nSPS) is 23.2. The van der Waals surface area contributed by atoms with Crippen molar-refractivity contribution in [2.75, 3.05) is 13.6 Å². The largest absolute Gasteiger partial charge is 0.511 e. The molecular weight excluding hydrogens is 695 g/mol. The summed E-state index contributed by atoms with van der Waals surface area (Å²) in [7, 11) is -2.19. The molecule has 15 heteroatoms. The SMILES string of the molecule is C=C(O)C1CC(OC(=O)N2Cc3cccc(F)c3C2)CN1C(=O)C(CCCCC/C=C\C1CC1C(=O)N(C)S(=O)(=O)C1CC1)NC(=O)OC(C)(C)C. The van der Waals surface area contributed by atoms with Gasteiger partial charge in [0.2, 0.25) is 21.8 Å². The lowest BCUT2D eigenvalue weighted by molar-refractivity contribution is -0.134. The molecule has 0 radical (unpaired) electrons. The summed E-state index contributed by atoms with van der Waals surface area (Å²) in [6, 6.07) is 2.84. The number of fused-ring (bicyclic) bond motifs is 1. The van der Waals surface area contributed by atoms with Crippen LogP contribution in [-0.4, -0.2) is 94.3 Å². The van der Waals surface area contributed by atoms with Crippen LogP contribution < -0.4 is 5.32 Å². The minimum atomic E-state index is -3.54. The van der Waals surface area contributed by atoms with E-state index in [1.165, 1.54) is 22.9 Å². The standard InChI is InChI=1S/C37H51FN4O9S/c1-23(43)32-19-26(50-36(47)41-20-25-13-11-14-30(38)29(25)22-41)21-42(32)34(45)31(39-35(46)51-37(2,3)4)15-10-8-6-7-9-12-24-18-28(24)33(44)40(5)52(48,49)27-16-17-27/h9,11-14,24,26-28,31-32,43H,1,6-8,10,15-22H2,2-5H3,(H,39,46)/b12-9-. The van der Waals surface area contributed by atoms with Crippen LogP contribution in [0, 0.1) is 17.7 Å². The fourth-order valence-corrected chi connectivity index (χ4v) is 8.36. The smallest absolute Gasteiger partial charge is 0.410 e. The van der Waals surface area contributed by atoms with Gasteiger partial charge in [0.25, 0.3) is 0 Å². The van der Waals surface area contributed by atoms with Crippen LogP contribution in [0.4, 0.5) is 14.0 Å². The van der Waals surface area contributed by atoms with Crippen molar-refractivity contribution in [3.05, 3.63) is 59.6 Å². The molecule has 13 nitrogen and oxygen atoms in total. The number of halogens is 1. The van der Waals surface area contributed by atoms with E-state index in [1.54, 1.807) is 32.9 Å². The number of ether oxygens (including phenoxy) is 2. The summed E-state index contributed by atoms with van der Waals surface area (Å²) in [4.78, 5) is 55.2. The van der Waals surface area contributed by atoms with Crippen molar-refractivity contribution in [1.82, 2.24) is 19.4 Å². The second-order valence-electron chi connectivity index (χ2n) is 15.3. The maximum absolute atomic E-state index is 14.2. The molecule has 1 aromatic carbocycles. The number of sulfonamides is 1. The zero-order valence-corrected chi connectivity index (χ0v) is 31.2. The number of amides is 4. The minimum absolute atomic E-state index is 0.0248. The number of aliphatic hydroxyl groups is 1. The number of aliphatic hydroxyl groups excluding tert-OH is 1. The first-order chi connectivity index (χ1) is 24.5. The summed E-state index contributed by atoms with van der Waals surface area (Å²) in [5.41, 5.74) is 0.332. The van der Waals surface area contributed by atoms with Crippen molar-refractivity contribution in [2.24, 2.45) is 11.8 Å². The molecule has 286 valence electrons. The molecule has 2 aliphatic carbocycles. The molecule has 0 spiro atoms. The quantitative estimate of drug-likeness (QED) is 0.146. The third-order valence-corrected chi connectivity index (χ3v) is 12.2. The van der Waals surface area contributed by atoms with Crippen LogP contribution in [-0.2, 0) is 42.2 Å². The van der Waals surface area contributed by atoms with Gasteiger partial charge < -0.3 is 24.8 Å². The Balaban J connectivity index is 1.12. The predicted octanol–water partition coefficient (Wildman–Crippen LogP) is 5.31. The minimum Gasteiger partial charge on any atom is -0.511 e. The Labute approximate surface area is 305 Å². The van der Waals surface area contributed by atoms with Gasteiger partial charge in [-0.3, -0.25) is 14.5 Å². The molecule has 2 saturated carbocycles. The maximum Gasteiger partial charge on any atom is 0.410 e. The second-order valence-corrected chi connectivity index (χ2v) is 17.5. The third kappa shape index (κ3) is 9.64. The van der Waals surface area contributed by atoms with E-state index in [1.807, 2.05) is 12.2 Å². The zero-order valence-electron chi connectivity index (χ0n) is 30.4. The molecule has 5 rings (SSSR count). The summed E-state index contributed by atoms with van der Waals surface area (Å²) < 4.78 is 51.1. The first-order valence-corrected chi connectivity index (χ1v) is 19.5. The Morgan fingerprint density at radius 2 is 1.87 bits per heavy atom. The summed E-state index contributed by atoms with van der Waals surface area (Å²) in [5.74, 6) is -1.78. The van der Waals surface area contributed by atoms with E-state index in [9.17, 15) is 37.1 Å². The van der Waals surface area contributed by atoms with Crippen molar-refractivity contribution in [3.63, 3.8) is 0 Å². The van der Waals surface area contributed by atoms with Crippen LogP contribution in [0.1, 0.15) is 89.7 Å². The van der Waals surface area contributed by atoms with Crippen LogP contribution >= 0.6 is 0 Å². The van der Waals surface area contributed by atoms with Gasteiger partial charge >= 0.3 is 12.2 Å². The number of hydrogen-bond acceptors (Lipinski definition) is 9. The van der Waals surface area contributed by atoms with E-state index < -0.39 is 63.0 Å². The molecule has 5 atom stereocenters. The highest BCUT2D eigenvalue weighted by atomic mass is 32.2. The number of allylic oxidation sites excluding steroid dienone is 2. The van der Waals surface area contributed by atoms with E-state index in [0.717, 1.165) is 23.6 Å².